The van der Waals surface area contributed by atoms with Crippen LogP contribution in [0, 0.1) is 6.92 Å². The third-order valence-electron chi connectivity index (χ3n) is 3.35. The number of carbonyl (C=O) groups is 1. The van der Waals surface area contributed by atoms with E-state index in [0.29, 0.717) is 12.2 Å². The van der Waals surface area contributed by atoms with Crippen LogP contribution in [-0.4, -0.2) is 21.5 Å². The Bertz CT molecular complexity index is 669. The Morgan fingerprint density at radius 1 is 1.22 bits per heavy atom. The highest BCUT2D eigenvalue weighted by molar-refractivity contribution is 5.85. The molecule has 1 heterocycles. The maximum atomic E-state index is 11.7. The number of aryl methyl sites for hydroxylation is 1. The van der Waals surface area contributed by atoms with Crippen molar-refractivity contribution >= 4 is 17.5 Å². The fourth-order valence-electron chi connectivity index (χ4n) is 2.01. The molecule has 2 rings (SSSR count). The summed E-state index contributed by atoms with van der Waals surface area (Å²) in [6.07, 6.45) is 1.41. The largest absolute Gasteiger partial charge is 0.444 e. The van der Waals surface area contributed by atoms with Gasteiger partial charge in [0, 0.05) is 36.2 Å². The molecule has 0 spiro atoms. The summed E-state index contributed by atoms with van der Waals surface area (Å²) >= 11 is 0. The molecule has 0 saturated heterocycles. The first-order chi connectivity index (χ1) is 10.7. The van der Waals surface area contributed by atoms with Crippen LogP contribution in [-0.2, 0) is 18.3 Å². The van der Waals surface area contributed by atoms with E-state index in [0.717, 1.165) is 16.9 Å². The van der Waals surface area contributed by atoms with Gasteiger partial charge < -0.3 is 10.1 Å². The Kier molecular flexibility index (Phi) is 4.93. The van der Waals surface area contributed by atoms with Crippen LogP contribution in [0.15, 0.2) is 30.5 Å². The molecule has 0 atom stereocenters. The number of nitrogens with zero attached hydrogens (tertiary/aromatic N) is 2. The van der Waals surface area contributed by atoms with E-state index >= 15 is 0 Å². The highest BCUT2D eigenvalue weighted by Gasteiger charge is 2.16. The Labute approximate surface area is 136 Å². The number of hydrogen-bond acceptors (Lipinski definition) is 4. The van der Waals surface area contributed by atoms with Gasteiger partial charge in [-0.1, -0.05) is 0 Å². The quantitative estimate of drug-likeness (QED) is 0.902. The summed E-state index contributed by atoms with van der Waals surface area (Å²) in [4.78, 5) is 11.7. The van der Waals surface area contributed by atoms with Crippen molar-refractivity contribution < 1.29 is 9.53 Å². The second kappa shape index (κ2) is 6.73. The molecule has 0 aliphatic rings. The Morgan fingerprint density at radius 3 is 2.35 bits per heavy atom. The van der Waals surface area contributed by atoms with Crippen molar-refractivity contribution in [1.29, 1.82) is 0 Å². The molecule has 0 saturated carbocycles. The minimum atomic E-state index is -0.507. The highest BCUT2D eigenvalue weighted by atomic mass is 16.6. The zero-order valence-electron chi connectivity index (χ0n) is 14.3. The van der Waals surface area contributed by atoms with Gasteiger partial charge in [0.1, 0.15) is 5.60 Å². The van der Waals surface area contributed by atoms with E-state index in [4.69, 9.17) is 4.74 Å². The normalized spacial score (nSPS) is 11.2. The molecule has 1 aromatic carbocycles. The molecule has 0 radical (unpaired) electrons. The lowest BCUT2D eigenvalue weighted by atomic mass is 10.2. The third kappa shape index (κ3) is 5.02. The van der Waals surface area contributed by atoms with E-state index in [2.05, 4.69) is 15.7 Å². The second-order valence-electron chi connectivity index (χ2n) is 6.44. The number of carbonyl (C=O) groups excluding carboxylic acids is 1. The lowest BCUT2D eigenvalue weighted by molar-refractivity contribution is 0.0636. The summed E-state index contributed by atoms with van der Waals surface area (Å²) in [5, 5.41) is 10.3. The maximum Gasteiger partial charge on any atom is 0.412 e. The third-order valence-corrected chi connectivity index (χ3v) is 3.35. The average molecular weight is 316 g/mol. The van der Waals surface area contributed by atoms with E-state index < -0.39 is 11.7 Å². The molecule has 1 aromatic heterocycles. The summed E-state index contributed by atoms with van der Waals surface area (Å²) in [5.41, 5.74) is 3.46. The van der Waals surface area contributed by atoms with Crippen molar-refractivity contribution in [3.05, 3.63) is 41.7 Å². The molecule has 0 aliphatic heterocycles. The number of rotatable bonds is 4. The van der Waals surface area contributed by atoms with E-state index in [1.54, 1.807) is 0 Å². The average Bonchev–Trinajstić information content (AvgIpc) is 2.76. The topological polar surface area (TPSA) is 68.2 Å². The molecule has 2 N–H and O–H groups in total. The fourth-order valence-corrected chi connectivity index (χ4v) is 2.01. The first-order valence-corrected chi connectivity index (χ1v) is 7.56. The summed E-state index contributed by atoms with van der Waals surface area (Å²) in [6, 6.07) is 7.50. The summed E-state index contributed by atoms with van der Waals surface area (Å²) in [7, 11) is 1.93. The predicted octanol–water partition coefficient (Wildman–Crippen LogP) is 3.69. The lowest BCUT2D eigenvalue weighted by Gasteiger charge is -2.19. The van der Waals surface area contributed by atoms with Crippen LogP contribution in [0.25, 0.3) is 0 Å². The number of amides is 1. The summed E-state index contributed by atoms with van der Waals surface area (Å²) in [6.45, 7) is 8.25. The Balaban J connectivity index is 1.89. The van der Waals surface area contributed by atoms with Gasteiger partial charge in [0.15, 0.2) is 0 Å². The van der Waals surface area contributed by atoms with Crippen LogP contribution in [0.2, 0.25) is 0 Å². The van der Waals surface area contributed by atoms with E-state index in [9.17, 15) is 4.79 Å². The van der Waals surface area contributed by atoms with Crippen molar-refractivity contribution in [3.63, 3.8) is 0 Å². The first kappa shape index (κ1) is 16.9. The van der Waals surface area contributed by atoms with Crippen molar-refractivity contribution in [1.82, 2.24) is 9.78 Å². The maximum absolute atomic E-state index is 11.7. The molecule has 1 amide bonds. The van der Waals surface area contributed by atoms with Gasteiger partial charge in [-0.05, 0) is 52.0 Å². The van der Waals surface area contributed by atoms with Crippen LogP contribution in [0.3, 0.4) is 0 Å². The minimum absolute atomic E-state index is 0.454. The molecule has 0 aliphatic carbocycles. The Hall–Kier alpha value is -2.50. The van der Waals surface area contributed by atoms with Crippen LogP contribution in [0.4, 0.5) is 16.2 Å². The van der Waals surface area contributed by atoms with Crippen LogP contribution in [0.1, 0.15) is 32.0 Å². The monoisotopic (exact) mass is 316 g/mol. The zero-order valence-corrected chi connectivity index (χ0v) is 14.3. The van der Waals surface area contributed by atoms with Crippen molar-refractivity contribution in [3.8, 4) is 0 Å². The van der Waals surface area contributed by atoms with Gasteiger partial charge in [-0.3, -0.25) is 10.00 Å². The summed E-state index contributed by atoms with van der Waals surface area (Å²) in [5.74, 6) is 0. The molecule has 124 valence electrons. The molecule has 2 aromatic rings. The molecule has 23 heavy (non-hydrogen) atoms. The van der Waals surface area contributed by atoms with Crippen LogP contribution in [0.5, 0.6) is 0 Å². The minimum Gasteiger partial charge on any atom is -0.444 e. The number of ether oxygens (including phenoxy) is 1. The second-order valence-corrected chi connectivity index (χ2v) is 6.44. The van der Waals surface area contributed by atoms with E-state index in [1.807, 2.05) is 69.9 Å². The summed E-state index contributed by atoms with van der Waals surface area (Å²) < 4.78 is 7.07. The number of aromatic nitrogens is 2. The lowest BCUT2D eigenvalue weighted by Crippen LogP contribution is -2.27. The molecule has 0 unspecified atom stereocenters. The highest BCUT2D eigenvalue weighted by Crippen LogP contribution is 2.16. The van der Waals surface area contributed by atoms with Gasteiger partial charge in [-0.2, -0.15) is 5.10 Å². The van der Waals surface area contributed by atoms with Gasteiger partial charge in [0.2, 0.25) is 0 Å². The number of nitrogens with one attached hydrogen (secondary N) is 2. The molecular weight excluding hydrogens is 292 g/mol. The van der Waals surface area contributed by atoms with Gasteiger partial charge >= 0.3 is 6.09 Å². The number of benzene rings is 1. The molecule has 0 bridgehead atoms. The Morgan fingerprint density at radius 2 is 1.83 bits per heavy atom. The van der Waals surface area contributed by atoms with Crippen molar-refractivity contribution in [2.24, 2.45) is 7.05 Å². The molecule has 6 heteroatoms. The predicted molar refractivity (Wildman–Crippen MR) is 91.6 cm³/mol. The van der Waals surface area contributed by atoms with Crippen LogP contribution >= 0.6 is 0 Å². The van der Waals surface area contributed by atoms with Gasteiger partial charge in [0.25, 0.3) is 0 Å². The SMILES string of the molecule is Cc1c(CNc2ccc(NC(=O)OC(C)(C)C)cc2)cnn1C. The standard InChI is InChI=1S/C17H24N4O2/c1-12-13(11-19-21(12)5)10-18-14-6-8-15(9-7-14)20-16(22)23-17(2,3)4/h6-9,11,18H,10H2,1-5H3,(H,20,22). The van der Waals surface area contributed by atoms with E-state index in [1.165, 1.54) is 0 Å². The first-order valence-electron chi connectivity index (χ1n) is 7.56. The van der Waals surface area contributed by atoms with Gasteiger partial charge in [-0.25, -0.2) is 4.79 Å². The zero-order chi connectivity index (χ0) is 17.0. The van der Waals surface area contributed by atoms with E-state index in [-0.39, 0.29) is 0 Å². The van der Waals surface area contributed by atoms with Crippen LogP contribution < -0.4 is 10.6 Å². The smallest absolute Gasteiger partial charge is 0.412 e. The van der Waals surface area contributed by atoms with Crippen molar-refractivity contribution in [2.75, 3.05) is 10.6 Å². The van der Waals surface area contributed by atoms with Gasteiger partial charge in [0.05, 0.1) is 6.20 Å². The number of anilines is 2. The van der Waals surface area contributed by atoms with Crippen molar-refractivity contribution in [2.45, 2.75) is 39.8 Å². The van der Waals surface area contributed by atoms with Gasteiger partial charge in [-0.15, -0.1) is 0 Å². The molecule has 6 nitrogen and oxygen atoms in total. The molecular formula is C17H24N4O2. The molecule has 0 fully saturated rings. The fraction of sp³-hybridized carbons (Fsp3) is 0.412. The number of hydrogen-bond donors (Lipinski definition) is 2.